The number of benzene rings is 1. The van der Waals surface area contributed by atoms with Gasteiger partial charge < -0.3 is 20.4 Å². The van der Waals surface area contributed by atoms with Crippen molar-refractivity contribution in [1.82, 2.24) is 15.3 Å². The fraction of sp³-hybridized carbons (Fsp3) is 0.250. The smallest absolute Gasteiger partial charge is 0.253 e. The Labute approximate surface area is 157 Å². The molecule has 2 heterocycles. The molecule has 0 spiro atoms. The normalized spacial score (nSPS) is 10.6. The summed E-state index contributed by atoms with van der Waals surface area (Å²) in [5.41, 5.74) is 2.52. The van der Waals surface area contributed by atoms with Crippen molar-refractivity contribution in [3.63, 3.8) is 0 Å². The topological polar surface area (TPSA) is 96.1 Å². The van der Waals surface area contributed by atoms with Crippen LogP contribution in [0.2, 0.25) is 0 Å². The van der Waals surface area contributed by atoms with Gasteiger partial charge in [0.25, 0.3) is 5.91 Å². The zero-order valence-electron chi connectivity index (χ0n) is 15.3. The molecule has 7 nitrogen and oxygen atoms in total. The number of rotatable bonds is 7. The molecule has 0 atom stereocenters. The summed E-state index contributed by atoms with van der Waals surface area (Å²) in [5, 5.41) is 6.35. The van der Waals surface area contributed by atoms with E-state index in [1.807, 2.05) is 31.2 Å². The summed E-state index contributed by atoms with van der Waals surface area (Å²) < 4.78 is 5.30. The molecule has 3 rings (SSSR count). The standard InChI is InChI=1S/C20H22N4O3/c1-3-6-18(25)24-14-9-15-16(12-22-19(15)21-11-14)20(26)23-10-13-7-4-5-8-17(13)27-2/h4-5,7-9,11-12H,3,6,10H2,1-2H3,(H,21,22)(H,23,26)(H,24,25). The van der Waals surface area contributed by atoms with Crippen molar-refractivity contribution in [2.24, 2.45) is 0 Å². The van der Waals surface area contributed by atoms with Crippen molar-refractivity contribution in [3.05, 3.63) is 53.9 Å². The summed E-state index contributed by atoms with van der Waals surface area (Å²) in [7, 11) is 1.60. The molecule has 0 bridgehead atoms. The van der Waals surface area contributed by atoms with E-state index >= 15 is 0 Å². The number of pyridine rings is 1. The predicted octanol–water partition coefficient (Wildman–Crippen LogP) is 3.24. The van der Waals surface area contributed by atoms with Crippen molar-refractivity contribution in [2.75, 3.05) is 12.4 Å². The Bertz CT molecular complexity index is 965. The van der Waals surface area contributed by atoms with E-state index in [4.69, 9.17) is 4.74 Å². The molecule has 0 aliphatic rings. The molecule has 7 heteroatoms. The number of fused-ring (bicyclic) bond motifs is 1. The van der Waals surface area contributed by atoms with Crippen LogP contribution in [0.1, 0.15) is 35.7 Å². The number of ether oxygens (including phenoxy) is 1. The number of hydrogen-bond acceptors (Lipinski definition) is 4. The first kappa shape index (κ1) is 18.4. The Morgan fingerprint density at radius 1 is 1.26 bits per heavy atom. The number of nitrogens with zero attached hydrogens (tertiary/aromatic N) is 1. The molecular weight excluding hydrogens is 344 g/mol. The van der Waals surface area contributed by atoms with Gasteiger partial charge in [0.1, 0.15) is 11.4 Å². The summed E-state index contributed by atoms with van der Waals surface area (Å²) in [6.07, 6.45) is 4.40. The summed E-state index contributed by atoms with van der Waals surface area (Å²) in [4.78, 5) is 31.7. The lowest BCUT2D eigenvalue weighted by molar-refractivity contribution is -0.116. The molecule has 0 saturated carbocycles. The van der Waals surface area contributed by atoms with Crippen LogP contribution in [-0.4, -0.2) is 28.9 Å². The molecule has 0 unspecified atom stereocenters. The quantitative estimate of drug-likeness (QED) is 0.598. The van der Waals surface area contributed by atoms with Gasteiger partial charge in [0, 0.05) is 30.1 Å². The number of methoxy groups -OCH3 is 1. The van der Waals surface area contributed by atoms with Crippen molar-refractivity contribution < 1.29 is 14.3 Å². The van der Waals surface area contributed by atoms with Gasteiger partial charge in [-0.2, -0.15) is 0 Å². The maximum Gasteiger partial charge on any atom is 0.253 e. The number of H-pyrrole nitrogens is 1. The number of nitrogens with one attached hydrogen (secondary N) is 3. The number of amides is 2. The highest BCUT2D eigenvalue weighted by atomic mass is 16.5. The first-order valence-electron chi connectivity index (χ1n) is 8.79. The van der Waals surface area contributed by atoms with Crippen molar-refractivity contribution in [2.45, 2.75) is 26.3 Å². The van der Waals surface area contributed by atoms with Crippen LogP contribution < -0.4 is 15.4 Å². The summed E-state index contributed by atoms with van der Waals surface area (Å²) in [6.45, 7) is 2.28. The highest BCUT2D eigenvalue weighted by Gasteiger charge is 2.14. The zero-order valence-corrected chi connectivity index (χ0v) is 15.3. The highest BCUT2D eigenvalue weighted by Crippen LogP contribution is 2.21. The number of carbonyl (C=O) groups excluding carboxylic acids is 2. The number of carbonyl (C=O) groups is 2. The Kier molecular flexibility index (Phi) is 5.71. The molecular formula is C20H22N4O3. The van der Waals surface area contributed by atoms with Crippen LogP contribution in [0.3, 0.4) is 0 Å². The molecule has 0 radical (unpaired) electrons. The van der Waals surface area contributed by atoms with Gasteiger partial charge in [-0.05, 0) is 18.6 Å². The molecule has 2 aromatic heterocycles. The largest absolute Gasteiger partial charge is 0.496 e. The molecule has 0 aliphatic heterocycles. The Balaban J connectivity index is 1.77. The fourth-order valence-corrected chi connectivity index (χ4v) is 2.83. The molecule has 140 valence electrons. The first-order chi connectivity index (χ1) is 13.1. The van der Waals surface area contributed by atoms with E-state index in [0.29, 0.717) is 35.2 Å². The molecule has 3 aromatic rings. The Hall–Kier alpha value is -3.35. The van der Waals surface area contributed by atoms with E-state index in [-0.39, 0.29) is 11.8 Å². The minimum Gasteiger partial charge on any atom is -0.496 e. The van der Waals surface area contributed by atoms with Gasteiger partial charge in [-0.25, -0.2) is 4.98 Å². The van der Waals surface area contributed by atoms with Gasteiger partial charge in [-0.3, -0.25) is 9.59 Å². The van der Waals surface area contributed by atoms with Crippen molar-refractivity contribution in [3.8, 4) is 5.75 Å². The first-order valence-corrected chi connectivity index (χ1v) is 8.79. The molecule has 2 amide bonds. The van der Waals surface area contributed by atoms with Gasteiger partial charge in [0.15, 0.2) is 0 Å². The third kappa shape index (κ3) is 4.25. The summed E-state index contributed by atoms with van der Waals surface area (Å²) in [5.74, 6) is 0.418. The molecule has 0 aliphatic carbocycles. The number of anilines is 1. The summed E-state index contributed by atoms with van der Waals surface area (Å²) in [6, 6.07) is 9.28. The van der Waals surface area contributed by atoms with Gasteiger partial charge in [-0.15, -0.1) is 0 Å². The second-order valence-electron chi connectivity index (χ2n) is 6.12. The van der Waals surface area contributed by atoms with Crippen molar-refractivity contribution >= 4 is 28.5 Å². The average molecular weight is 366 g/mol. The van der Waals surface area contributed by atoms with Crippen LogP contribution in [0, 0.1) is 0 Å². The number of hydrogen-bond donors (Lipinski definition) is 3. The second kappa shape index (κ2) is 8.35. The van der Waals surface area contributed by atoms with Crippen LogP contribution in [0.5, 0.6) is 5.75 Å². The van der Waals surface area contributed by atoms with Gasteiger partial charge >= 0.3 is 0 Å². The molecule has 1 aromatic carbocycles. The van der Waals surface area contributed by atoms with Gasteiger partial charge in [0.05, 0.1) is 24.6 Å². The second-order valence-corrected chi connectivity index (χ2v) is 6.12. The van der Waals surface area contributed by atoms with Crippen LogP contribution in [-0.2, 0) is 11.3 Å². The maximum atomic E-state index is 12.6. The Morgan fingerprint density at radius 3 is 2.85 bits per heavy atom. The van der Waals surface area contributed by atoms with Gasteiger partial charge in [0.2, 0.25) is 5.91 Å². The van der Waals surface area contributed by atoms with E-state index in [0.717, 1.165) is 17.7 Å². The molecule has 3 N–H and O–H groups in total. The summed E-state index contributed by atoms with van der Waals surface area (Å²) >= 11 is 0. The van der Waals surface area contributed by atoms with E-state index in [1.54, 1.807) is 25.6 Å². The monoisotopic (exact) mass is 366 g/mol. The van der Waals surface area contributed by atoms with E-state index in [9.17, 15) is 9.59 Å². The number of aromatic amines is 1. The van der Waals surface area contributed by atoms with Crippen LogP contribution >= 0.6 is 0 Å². The van der Waals surface area contributed by atoms with E-state index in [2.05, 4.69) is 20.6 Å². The van der Waals surface area contributed by atoms with Crippen LogP contribution in [0.25, 0.3) is 11.0 Å². The number of para-hydroxylation sites is 1. The zero-order chi connectivity index (χ0) is 19.2. The highest BCUT2D eigenvalue weighted by molar-refractivity contribution is 6.07. The van der Waals surface area contributed by atoms with Crippen molar-refractivity contribution in [1.29, 1.82) is 0 Å². The van der Waals surface area contributed by atoms with E-state index in [1.165, 1.54) is 0 Å². The SMILES string of the molecule is CCCC(=O)Nc1cnc2[nH]cc(C(=O)NCc3ccccc3OC)c2c1. The lowest BCUT2D eigenvalue weighted by atomic mass is 10.1. The molecule has 27 heavy (non-hydrogen) atoms. The molecule has 0 fully saturated rings. The molecule has 0 saturated heterocycles. The number of aromatic nitrogens is 2. The predicted molar refractivity (Wildman–Crippen MR) is 104 cm³/mol. The fourth-order valence-electron chi connectivity index (χ4n) is 2.83. The minimum atomic E-state index is -0.231. The Morgan fingerprint density at radius 2 is 2.07 bits per heavy atom. The third-order valence-corrected chi connectivity index (χ3v) is 4.17. The minimum absolute atomic E-state index is 0.0728. The van der Waals surface area contributed by atoms with Crippen LogP contribution in [0.4, 0.5) is 5.69 Å². The lowest BCUT2D eigenvalue weighted by Crippen LogP contribution is -2.22. The van der Waals surface area contributed by atoms with Gasteiger partial charge in [-0.1, -0.05) is 25.1 Å². The lowest BCUT2D eigenvalue weighted by Gasteiger charge is -2.09. The van der Waals surface area contributed by atoms with Crippen LogP contribution in [0.15, 0.2) is 42.7 Å². The third-order valence-electron chi connectivity index (χ3n) is 4.17. The van der Waals surface area contributed by atoms with E-state index < -0.39 is 0 Å². The maximum absolute atomic E-state index is 12.6. The average Bonchev–Trinajstić information content (AvgIpc) is 3.09.